The lowest BCUT2D eigenvalue weighted by atomic mass is 10.1. The summed E-state index contributed by atoms with van der Waals surface area (Å²) >= 11 is 8.88. The van der Waals surface area contributed by atoms with E-state index in [2.05, 4.69) is 20.9 Å². The minimum atomic E-state index is -0.291. The van der Waals surface area contributed by atoms with Gasteiger partial charge in [0.1, 0.15) is 4.47 Å². The second kappa shape index (κ2) is 5.46. The van der Waals surface area contributed by atoms with Gasteiger partial charge in [0.15, 0.2) is 5.78 Å². The van der Waals surface area contributed by atoms with Gasteiger partial charge in [-0.25, -0.2) is 4.98 Å². The lowest BCUT2D eigenvalue weighted by Crippen LogP contribution is -2.24. The first-order chi connectivity index (χ1) is 8.58. The normalized spacial score (nSPS) is 10.3. The first-order valence-corrected chi connectivity index (χ1v) is 6.24. The summed E-state index contributed by atoms with van der Waals surface area (Å²) in [5.41, 5.74) is 0.176. The number of nitrogens with zero attached hydrogens (tertiary/aromatic N) is 2. The van der Waals surface area contributed by atoms with Crippen molar-refractivity contribution in [3.63, 3.8) is 0 Å². The van der Waals surface area contributed by atoms with E-state index < -0.39 is 0 Å². The minimum absolute atomic E-state index is 0.0639. The summed E-state index contributed by atoms with van der Waals surface area (Å²) in [6.45, 7) is -0.0639. The van der Waals surface area contributed by atoms with E-state index in [1.807, 2.05) is 0 Å². The zero-order valence-electron chi connectivity index (χ0n) is 9.14. The number of benzene rings is 1. The summed E-state index contributed by atoms with van der Waals surface area (Å²) in [4.78, 5) is 27.5. The van der Waals surface area contributed by atoms with E-state index in [9.17, 15) is 9.59 Å². The van der Waals surface area contributed by atoms with Crippen LogP contribution in [0.1, 0.15) is 10.4 Å². The van der Waals surface area contributed by atoms with E-state index in [4.69, 9.17) is 11.6 Å². The fourth-order valence-electron chi connectivity index (χ4n) is 1.44. The van der Waals surface area contributed by atoms with E-state index in [1.165, 1.54) is 17.1 Å². The van der Waals surface area contributed by atoms with Crippen LogP contribution < -0.4 is 5.56 Å². The third-order valence-corrected chi connectivity index (χ3v) is 3.10. The van der Waals surface area contributed by atoms with E-state index >= 15 is 0 Å². The zero-order valence-corrected chi connectivity index (χ0v) is 11.5. The summed E-state index contributed by atoms with van der Waals surface area (Å²) in [6, 6.07) is 6.60. The second-order valence-electron chi connectivity index (χ2n) is 3.61. The van der Waals surface area contributed by atoms with Crippen LogP contribution in [0, 0.1) is 0 Å². The van der Waals surface area contributed by atoms with Crippen LogP contribution in [-0.2, 0) is 6.54 Å². The quantitative estimate of drug-likeness (QED) is 0.814. The van der Waals surface area contributed by atoms with E-state index in [0.29, 0.717) is 15.1 Å². The summed E-state index contributed by atoms with van der Waals surface area (Å²) in [5.74, 6) is -0.195. The van der Waals surface area contributed by atoms with Crippen LogP contribution in [0.15, 0.2) is 46.1 Å². The predicted molar refractivity (Wildman–Crippen MR) is 72.0 cm³/mol. The van der Waals surface area contributed by atoms with Gasteiger partial charge in [-0.3, -0.25) is 14.2 Å². The van der Waals surface area contributed by atoms with Gasteiger partial charge in [0.25, 0.3) is 5.56 Å². The Bertz CT molecular complexity index is 655. The van der Waals surface area contributed by atoms with Gasteiger partial charge in [-0.2, -0.15) is 0 Å². The Morgan fingerprint density at radius 3 is 2.94 bits per heavy atom. The third-order valence-electron chi connectivity index (χ3n) is 2.32. The third kappa shape index (κ3) is 2.86. The van der Waals surface area contributed by atoms with Crippen molar-refractivity contribution in [2.45, 2.75) is 6.54 Å². The number of carbonyl (C=O) groups is 1. The highest BCUT2D eigenvalue weighted by molar-refractivity contribution is 9.10. The molecule has 0 saturated carbocycles. The first-order valence-electron chi connectivity index (χ1n) is 5.06. The second-order valence-corrected chi connectivity index (χ2v) is 4.90. The largest absolute Gasteiger partial charge is 0.292 e. The molecule has 0 aliphatic carbocycles. The summed E-state index contributed by atoms with van der Waals surface area (Å²) in [6.07, 6.45) is 2.72. The maximum atomic E-state index is 12.0. The molecule has 0 atom stereocenters. The van der Waals surface area contributed by atoms with Crippen molar-refractivity contribution >= 4 is 33.3 Å². The minimum Gasteiger partial charge on any atom is -0.292 e. The maximum absolute atomic E-state index is 12.0. The van der Waals surface area contributed by atoms with Gasteiger partial charge in [0.05, 0.1) is 12.9 Å². The molecule has 18 heavy (non-hydrogen) atoms. The Kier molecular flexibility index (Phi) is 3.93. The van der Waals surface area contributed by atoms with Crippen LogP contribution in [0.5, 0.6) is 0 Å². The highest BCUT2D eigenvalue weighted by Gasteiger charge is 2.09. The summed E-state index contributed by atoms with van der Waals surface area (Å²) in [5, 5.41) is 0.487. The fraction of sp³-hybridized carbons (Fsp3) is 0.0833. The van der Waals surface area contributed by atoms with Gasteiger partial charge in [0.2, 0.25) is 0 Å². The van der Waals surface area contributed by atoms with Crippen molar-refractivity contribution in [2.24, 2.45) is 0 Å². The molecular formula is C12H8BrClN2O2. The molecule has 4 nitrogen and oxygen atoms in total. The van der Waals surface area contributed by atoms with Crippen LogP contribution in [0.2, 0.25) is 5.02 Å². The van der Waals surface area contributed by atoms with E-state index in [-0.39, 0.29) is 17.9 Å². The average molecular weight is 328 g/mol. The lowest BCUT2D eigenvalue weighted by Gasteiger charge is -2.05. The monoisotopic (exact) mass is 326 g/mol. The molecule has 92 valence electrons. The van der Waals surface area contributed by atoms with Gasteiger partial charge >= 0.3 is 0 Å². The first kappa shape index (κ1) is 13.0. The molecule has 0 spiro atoms. The number of carbonyl (C=O) groups excluding carboxylic acids is 1. The highest BCUT2D eigenvalue weighted by atomic mass is 79.9. The van der Waals surface area contributed by atoms with Gasteiger partial charge in [-0.15, -0.1) is 0 Å². The molecule has 0 saturated heterocycles. The molecule has 0 fully saturated rings. The van der Waals surface area contributed by atoms with Crippen molar-refractivity contribution in [1.82, 2.24) is 9.55 Å². The number of aromatic nitrogens is 2. The van der Waals surface area contributed by atoms with Crippen molar-refractivity contribution in [2.75, 3.05) is 0 Å². The van der Waals surface area contributed by atoms with E-state index in [0.717, 1.165) is 0 Å². The van der Waals surface area contributed by atoms with Crippen molar-refractivity contribution in [3.8, 4) is 0 Å². The van der Waals surface area contributed by atoms with Crippen molar-refractivity contribution in [1.29, 1.82) is 0 Å². The molecule has 2 aromatic rings. The maximum Gasteiger partial charge on any atom is 0.268 e. The number of hydrogen-bond donors (Lipinski definition) is 0. The number of rotatable bonds is 3. The standard InChI is InChI=1S/C12H8BrClN2O2/c13-10-5-15-7-16(12(10)18)6-11(17)8-2-1-3-9(14)4-8/h1-5,7H,6H2. The van der Waals surface area contributed by atoms with Crippen molar-refractivity contribution in [3.05, 3.63) is 62.2 Å². The van der Waals surface area contributed by atoms with Gasteiger partial charge < -0.3 is 0 Å². The molecule has 1 heterocycles. The molecule has 0 N–H and O–H groups in total. The number of hydrogen-bond acceptors (Lipinski definition) is 3. The van der Waals surface area contributed by atoms with Crippen LogP contribution in [0.3, 0.4) is 0 Å². The smallest absolute Gasteiger partial charge is 0.268 e. The molecule has 0 aliphatic rings. The van der Waals surface area contributed by atoms with Crippen LogP contribution in [-0.4, -0.2) is 15.3 Å². The zero-order chi connectivity index (χ0) is 13.1. The molecule has 2 rings (SSSR count). The molecule has 0 bridgehead atoms. The lowest BCUT2D eigenvalue weighted by molar-refractivity contribution is 0.0970. The summed E-state index contributed by atoms with van der Waals surface area (Å²) < 4.78 is 1.57. The number of ketones is 1. The molecule has 1 aromatic heterocycles. The molecule has 0 radical (unpaired) electrons. The SMILES string of the molecule is O=C(Cn1cncc(Br)c1=O)c1cccc(Cl)c1. The fourth-order valence-corrected chi connectivity index (χ4v) is 1.98. The molecule has 1 aromatic carbocycles. The predicted octanol–water partition coefficient (Wildman–Crippen LogP) is 2.54. The van der Waals surface area contributed by atoms with Gasteiger partial charge in [0, 0.05) is 16.8 Å². The molecular weight excluding hydrogens is 320 g/mol. The summed E-state index contributed by atoms with van der Waals surface area (Å²) in [7, 11) is 0. The molecule has 0 unspecified atom stereocenters. The van der Waals surface area contributed by atoms with Crippen LogP contribution >= 0.6 is 27.5 Å². The topological polar surface area (TPSA) is 52.0 Å². The molecule has 6 heteroatoms. The van der Waals surface area contributed by atoms with Crippen LogP contribution in [0.25, 0.3) is 0 Å². The highest BCUT2D eigenvalue weighted by Crippen LogP contribution is 2.11. The molecule has 0 aliphatic heterocycles. The Labute approximate surface area is 116 Å². The Morgan fingerprint density at radius 2 is 2.22 bits per heavy atom. The average Bonchev–Trinajstić information content (AvgIpc) is 2.35. The van der Waals surface area contributed by atoms with Gasteiger partial charge in [-0.05, 0) is 28.1 Å². The number of Topliss-reactive ketones (excluding diaryl/α,β-unsaturated/α-hetero) is 1. The Balaban J connectivity index is 2.27. The van der Waals surface area contributed by atoms with Gasteiger partial charge in [-0.1, -0.05) is 23.7 Å². The molecule has 0 amide bonds. The van der Waals surface area contributed by atoms with E-state index in [1.54, 1.807) is 24.3 Å². The number of halogens is 2. The van der Waals surface area contributed by atoms with Crippen molar-refractivity contribution < 1.29 is 4.79 Å². The Hall–Kier alpha value is -1.46. The van der Waals surface area contributed by atoms with Crippen LogP contribution in [0.4, 0.5) is 0 Å². The Morgan fingerprint density at radius 1 is 1.44 bits per heavy atom.